The molecule has 5 nitrogen and oxygen atoms in total. The van der Waals surface area contributed by atoms with Crippen LogP contribution in [0.3, 0.4) is 0 Å². The molecule has 18 heavy (non-hydrogen) atoms. The highest BCUT2D eigenvalue weighted by Crippen LogP contribution is 2.13. The number of rotatable bonds is 5. The number of ether oxygens (including phenoxy) is 1. The number of likely N-dealkylation sites (N-methyl/N-ethyl adjacent to an activating group) is 1. The number of carbonyl (C=O) groups excluding carboxylic acids is 1. The fourth-order valence-electron chi connectivity index (χ4n) is 1.87. The quantitative estimate of drug-likeness (QED) is 0.806. The lowest BCUT2D eigenvalue weighted by Crippen LogP contribution is -2.39. The van der Waals surface area contributed by atoms with Crippen LogP contribution in [0.2, 0.25) is 0 Å². The van der Waals surface area contributed by atoms with E-state index in [-0.39, 0.29) is 12.0 Å². The van der Waals surface area contributed by atoms with Gasteiger partial charge in [0.15, 0.2) is 0 Å². The lowest BCUT2D eigenvalue weighted by Gasteiger charge is -2.15. The maximum absolute atomic E-state index is 11.7. The first kappa shape index (κ1) is 12.6. The molecule has 0 bridgehead atoms. The van der Waals surface area contributed by atoms with E-state index in [0.29, 0.717) is 13.2 Å². The molecule has 1 atom stereocenters. The van der Waals surface area contributed by atoms with Gasteiger partial charge in [-0.2, -0.15) is 5.10 Å². The fourth-order valence-corrected chi connectivity index (χ4v) is 1.87. The highest BCUT2D eigenvalue weighted by atomic mass is 16.5. The number of hydrogen-bond donors (Lipinski definition) is 1. The summed E-state index contributed by atoms with van der Waals surface area (Å²) in [6, 6.07) is 7.53. The van der Waals surface area contributed by atoms with E-state index in [4.69, 9.17) is 4.74 Å². The summed E-state index contributed by atoms with van der Waals surface area (Å²) in [5, 5.41) is 8.31. The van der Waals surface area contributed by atoms with E-state index in [1.165, 1.54) is 0 Å². The first-order valence-electron chi connectivity index (χ1n) is 6.00. The van der Waals surface area contributed by atoms with E-state index in [0.717, 1.165) is 10.9 Å². The van der Waals surface area contributed by atoms with Crippen molar-refractivity contribution in [3.8, 4) is 0 Å². The maximum atomic E-state index is 11.7. The van der Waals surface area contributed by atoms with Crippen LogP contribution in [0.5, 0.6) is 0 Å². The predicted octanol–water partition coefficient (Wildman–Crippen LogP) is 1.19. The van der Waals surface area contributed by atoms with E-state index in [1.807, 2.05) is 28.9 Å². The number of nitrogens with one attached hydrogen (secondary N) is 1. The van der Waals surface area contributed by atoms with Crippen molar-refractivity contribution in [3.05, 3.63) is 30.5 Å². The van der Waals surface area contributed by atoms with Crippen LogP contribution in [0.25, 0.3) is 10.9 Å². The Morgan fingerprint density at radius 2 is 2.28 bits per heavy atom. The van der Waals surface area contributed by atoms with E-state index < -0.39 is 0 Å². The number of carbonyl (C=O) groups is 1. The van der Waals surface area contributed by atoms with Gasteiger partial charge in [0.25, 0.3) is 0 Å². The molecule has 1 aromatic heterocycles. The SMILES string of the molecule is CCOC(=O)C(Cn1ncc2ccccc21)NC. The average molecular weight is 247 g/mol. The number of fused-ring (bicyclic) bond motifs is 1. The van der Waals surface area contributed by atoms with Gasteiger partial charge in [0.05, 0.1) is 24.9 Å². The summed E-state index contributed by atoms with van der Waals surface area (Å²) in [4.78, 5) is 11.7. The molecule has 96 valence electrons. The molecule has 0 amide bonds. The zero-order valence-corrected chi connectivity index (χ0v) is 10.6. The molecule has 0 saturated heterocycles. The van der Waals surface area contributed by atoms with Crippen molar-refractivity contribution in [2.45, 2.75) is 19.5 Å². The second-order valence-electron chi connectivity index (χ2n) is 3.98. The highest BCUT2D eigenvalue weighted by molar-refractivity contribution is 5.79. The van der Waals surface area contributed by atoms with Crippen molar-refractivity contribution in [2.24, 2.45) is 0 Å². The molecule has 2 aromatic rings. The van der Waals surface area contributed by atoms with Crippen LogP contribution in [0.4, 0.5) is 0 Å². The molecule has 0 spiro atoms. The summed E-state index contributed by atoms with van der Waals surface area (Å²) in [5.74, 6) is -0.250. The number of para-hydroxylation sites is 1. The molecule has 5 heteroatoms. The summed E-state index contributed by atoms with van der Waals surface area (Å²) in [7, 11) is 1.74. The normalized spacial score (nSPS) is 12.6. The molecule has 0 radical (unpaired) electrons. The van der Waals surface area contributed by atoms with Crippen LogP contribution < -0.4 is 5.32 Å². The second-order valence-corrected chi connectivity index (χ2v) is 3.98. The molecular formula is C13H17N3O2. The van der Waals surface area contributed by atoms with Crippen molar-refractivity contribution in [2.75, 3.05) is 13.7 Å². The van der Waals surface area contributed by atoms with Crippen LogP contribution in [-0.2, 0) is 16.1 Å². The molecule has 0 aliphatic rings. The van der Waals surface area contributed by atoms with Crippen LogP contribution in [0, 0.1) is 0 Å². The molecule has 0 aliphatic carbocycles. The Hall–Kier alpha value is -1.88. The Labute approximate surface area is 106 Å². The number of esters is 1. The van der Waals surface area contributed by atoms with Gasteiger partial charge in [-0.25, -0.2) is 0 Å². The van der Waals surface area contributed by atoms with Crippen LogP contribution >= 0.6 is 0 Å². The Bertz CT molecular complexity index is 536. The topological polar surface area (TPSA) is 56.2 Å². The van der Waals surface area contributed by atoms with E-state index in [1.54, 1.807) is 20.2 Å². The van der Waals surface area contributed by atoms with Crippen molar-refractivity contribution in [3.63, 3.8) is 0 Å². The van der Waals surface area contributed by atoms with E-state index >= 15 is 0 Å². The lowest BCUT2D eigenvalue weighted by molar-refractivity contribution is -0.145. The maximum Gasteiger partial charge on any atom is 0.325 e. The second kappa shape index (κ2) is 5.64. The first-order valence-corrected chi connectivity index (χ1v) is 6.00. The number of aromatic nitrogens is 2. The third-order valence-corrected chi connectivity index (χ3v) is 2.83. The van der Waals surface area contributed by atoms with Crippen LogP contribution in [0.15, 0.2) is 30.5 Å². The molecule has 1 aromatic carbocycles. The number of hydrogen-bond acceptors (Lipinski definition) is 4. The Morgan fingerprint density at radius 1 is 1.50 bits per heavy atom. The summed E-state index contributed by atoms with van der Waals surface area (Å²) < 4.78 is 6.83. The zero-order chi connectivity index (χ0) is 13.0. The Kier molecular flexibility index (Phi) is 3.94. The first-order chi connectivity index (χ1) is 8.76. The number of nitrogens with zero attached hydrogens (tertiary/aromatic N) is 2. The van der Waals surface area contributed by atoms with Gasteiger partial charge in [-0.3, -0.25) is 9.48 Å². The summed E-state index contributed by atoms with van der Waals surface area (Å²) in [6.07, 6.45) is 1.80. The lowest BCUT2D eigenvalue weighted by atomic mass is 10.2. The van der Waals surface area contributed by atoms with Gasteiger partial charge >= 0.3 is 5.97 Å². The Morgan fingerprint density at radius 3 is 3.00 bits per heavy atom. The van der Waals surface area contributed by atoms with Gasteiger partial charge in [-0.1, -0.05) is 18.2 Å². The van der Waals surface area contributed by atoms with Crippen LogP contribution in [-0.4, -0.2) is 35.4 Å². The molecule has 1 N–H and O–H groups in total. The minimum atomic E-state index is -0.381. The van der Waals surface area contributed by atoms with Gasteiger partial charge in [-0.15, -0.1) is 0 Å². The third-order valence-electron chi connectivity index (χ3n) is 2.83. The van der Waals surface area contributed by atoms with E-state index in [2.05, 4.69) is 10.4 Å². The minimum Gasteiger partial charge on any atom is -0.465 e. The molecular weight excluding hydrogens is 230 g/mol. The minimum absolute atomic E-state index is 0.250. The highest BCUT2D eigenvalue weighted by Gasteiger charge is 2.19. The predicted molar refractivity (Wildman–Crippen MR) is 69.2 cm³/mol. The van der Waals surface area contributed by atoms with E-state index in [9.17, 15) is 4.79 Å². The summed E-state index contributed by atoms with van der Waals surface area (Å²) in [5.41, 5.74) is 1.02. The van der Waals surface area contributed by atoms with Gasteiger partial charge < -0.3 is 10.1 Å². The number of benzene rings is 1. The third kappa shape index (κ3) is 2.51. The molecule has 0 aliphatic heterocycles. The monoisotopic (exact) mass is 247 g/mol. The van der Waals surface area contributed by atoms with Crippen molar-refractivity contribution in [1.29, 1.82) is 0 Å². The van der Waals surface area contributed by atoms with Gasteiger partial charge in [0.1, 0.15) is 6.04 Å². The molecule has 0 fully saturated rings. The van der Waals surface area contributed by atoms with Crippen molar-refractivity contribution in [1.82, 2.24) is 15.1 Å². The van der Waals surface area contributed by atoms with Gasteiger partial charge in [-0.05, 0) is 20.0 Å². The average Bonchev–Trinajstić information content (AvgIpc) is 2.79. The van der Waals surface area contributed by atoms with Crippen LogP contribution in [0.1, 0.15) is 6.92 Å². The summed E-state index contributed by atoms with van der Waals surface area (Å²) in [6.45, 7) is 2.65. The summed E-state index contributed by atoms with van der Waals surface area (Å²) >= 11 is 0. The van der Waals surface area contributed by atoms with Gasteiger partial charge in [0, 0.05) is 5.39 Å². The molecule has 1 heterocycles. The largest absolute Gasteiger partial charge is 0.465 e. The van der Waals surface area contributed by atoms with Crippen molar-refractivity contribution < 1.29 is 9.53 Å². The Balaban J connectivity index is 2.19. The van der Waals surface area contributed by atoms with Gasteiger partial charge in [0.2, 0.25) is 0 Å². The smallest absolute Gasteiger partial charge is 0.325 e. The zero-order valence-electron chi connectivity index (χ0n) is 10.6. The fraction of sp³-hybridized carbons (Fsp3) is 0.385. The molecule has 1 unspecified atom stereocenters. The molecule has 2 rings (SSSR count). The standard InChI is InChI=1S/C13H17N3O2/c1-3-18-13(17)11(14-2)9-16-12-7-5-4-6-10(12)8-15-16/h4-8,11,14H,3,9H2,1-2H3. The molecule has 0 saturated carbocycles. The van der Waals surface area contributed by atoms with Crippen molar-refractivity contribution >= 4 is 16.9 Å².